The van der Waals surface area contributed by atoms with E-state index < -0.39 is 5.97 Å². The van der Waals surface area contributed by atoms with Crippen LogP contribution in [0.4, 0.5) is 5.69 Å². The van der Waals surface area contributed by atoms with Gasteiger partial charge in [-0.15, -0.1) is 0 Å². The average Bonchev–Trinajstić information content (AvgIpc) is 2.38. The van der Waals surface area contributed by atoms with Gasteiger partial charge in [-0.3, -0.25) is 0 Å². The maximum Gasteiger partial charge on any atom is 0.338 e. The van der Waals surface area contributed by atoms with Crippen molar-refractivity contribution >= 4 is 27.6 Å². The normalized spacial score (nSPS) is 16.9. The molecule has 0 bridgehead atoms. The van der Waals surface area contributed by atoms with Crippen molar-refractivity contribution in [1.29, 1.82) is 0 Å². The van der Waals surface area contributed by atoms with Gasteiger partial charge in [0.15, 0.2) is 0 Å². The third-order valence-electron chi connectivity index (χ3n) is 3.37. The first-order chi connectivity index (χ1) is 8.63. The molecule has 1 saturated heterocycles. The minimum atomic E-state index is -0.879. The molecule has 5 heteroatoms. The van der Waals surface area contributed by atoms with Crippen LogP contribution in [-0.2, 0) is 0 Å². The number of nitrogens with zero attached hydrogens (tertiary/aromatic N) is 2. The van der Waals surface area contributed by atoms with Crippen LogP contribution < -0.4 is 4.90 Å². The third-order valence-corrected chi connectivity index (χ3v) is 4.03. The van der Waals surface area contributed by atoms with E-state index in [0.29, 0.717) is 10.0 Å². The Morgan fingerprint density at radius 2 is 2.00 bits per heavy atom. The molecule has 0 aromatic heterocycles. The molecule has 1 aliphatic heterocycles. The van der Waals surface area contributed by atoms with Crippen LogP contribution in [0.1, 0.15) is 17.3 Å². The van der Waals surface area contributed by atoms with Crippen molar-refractivity contribution in [2.45, 2.75) is 6.92 Å². The van der Waals surface area contributed by atoms with E-state index in [2.05, 4.69) is 32.7 Å². The van der Waals surface area contributed by atoms with Gasteiger partial charge in [0.05, 0.1) is 11.3 Å². The van der Waals surface area contributed by atoms with Crippen LogP contribution >= 0.6 is 15.9 Å². The highest BCUT2D eigenvalue weighted by Crippen LogP contribution is 2.28. The number of carboxylic acids is 1. The van der Waals surface area contributed by atoms with Gasteiger partial charge < -0.3 is 14.9 Å². The molecule has 1 fully saturated rings. The number of likely N-dealkylation sites (N-methyl/N-ethyl adjacent to an activating group) is 1. The number of benzene rings is 1. The summed E-state index contributed by atoms with van der Waals surface area (Å²) in [7, 11) is 0. The summed E-state index contributed by atoms with van der Waals surface area (Å²) in [5.74, 6) is -0.879. The number of carboxylic acid groups (broad SMARTS) is 1. The van der Waals surface area contributed by atoms with E-state index >= 15 is 0 Å². The van der Waals surface area contributed by atoms with Gasteiger partial charge in [0, 0.05) is 30.7 Å². The quantitative estimate of drug-likeness (QED) is 0.930. The lowest BCUT2D eigenvalue weighted by Crippen LogP contribution is -2.46. The molecule has 18 heavy (non-hydrogen) atoms. The summed E-state index contributed by atoms with van der Waals surface area (Å²) in [5, 5.41) is 9.31. The number of hydrogen-bond acceptors (Lipinski definition) is 3. The Hall–Kier alpha value is -1.07. The fourth-order valence-corrected chi connectivity index (χ4v) is 2.82. The zero-order valence-corrected chi connectivity index (χ0v) is 12.0. The molecule has 1 N–H and O–H groups in total. The summed E-state index contributed by atoms with van der Waals surface area (Å²) in [4.78, 5) is 15.9. The fourth-order valence-electron chi connectivity index (χ4n) is 2.29. The molecule has 1 aromatic carbocycles. The summed E-state index contributed by atoms with van der Waals surface area (Å²) in [6.07, 6.45) is 0. The number of halogens is 1. The minimum absolute atomic E-state index is 0.363. The zero-order chi connectivity index (χ0) is 13.1. The standard InChI is InChI=1S/C13H17BrN2O2/c1-2-15-6-8-16(9-7-15)11-5-3-4-10(14)12(11)13(17)18/h3-5H,2,6-9H2,1H3,(H,17,18). The van der Waals surface area contributed by atoms with Crippen molar-refractivity contribution in [3.05, 3.63) is 28.2 Å². The van der Waals surface area contributed by atoms with E-state index in [0.717, 1.165) is 38.4 Å². The molecule has 1 aromatic rings. The highest BCUT2D eigenvalue weighted by Gasteiger charge is 2.22. The molecular weight excluding hydrogens is 296 g/mol. The zero-order valence-electron chi connectivity index (χ0n) is 10.4. The van der Waals surface area contributed by atoms with Crippen LogP contribution in [-0.4, -0.2) is 48.7 Å². The number of aromatic carboxylic acids is 1. The first kappa shape index (κ1) is 13.4. The molecule has 2 rings (SSSR count). The first-order valence-corrected chi connectivity index (χ1v) is 6.92. The van der Waals surface area contributed by atoms with Crippen LogP contribution in [0.5, 0.6) is 0 Å². The number of piperazine rings is 1. The van der Waals surface area contributed by atoms with Crippen molar-refractivity contribution in [3.8, 4) is 0 Å². The van der Waals surface area contributed by atoms with Gasteiger partial charge in [0.25, 0.3) is 0 Å². The highest BCUT2D eigenvalue weighted by molar-refractivity contribution is 9.10. The summed E-state index contributed by atoms with van der Waals surface area (Å²) in [5.41, 5.74) is 1.18. The predicted octanol–water partition coefficient (Wildman–Crippen LogP) is 2.29. The predicted molar refractivity (Wildman–Crippen MR) is 75.4 cm³/mol. The maximum atomic E-state index is 11.3. The van der Waals surface area contributed by atoms with Gasteiger partial charge >= 0.3 is 5.97 Å². The lowest BCUT2D eigenvalue weighted by molar-refractivity contribution is 0.0696. The van der Waals surface area contributed by atoms with Crippen molar-refractivity contribution in [2.24, 2.45) is 0 Å². The Kier molecular flexibility index (Phi) is 4.24. The molecule has 0 atom stereocenters. The first-order valence-electron chi connectivity index (χ1n) is 6.12. The van der Waals surface area contributed by atoms with E-state index in [4.69, 9.17) is 0 Å². The summed E-state index contributed by atoms with van der Waals surface area (Å²) < 4.78 is 0.644. The van der Waals surface area contributed by atoms with Crippen LogP contribution in [0.15, 0.2) is 22.7 Å². The Balaban J connectivity index is 2.24. The Morgan fingerprint density at radius 1 is 1.33 bits per heavy atom. The second kappa shape index (κ2) is 5.71. The third kappa shape index (κ3) is 2.67. The second-order valence-corrected chi connectivity index (χ2v) is 5.21. The van der Waals surface area contributed by atoms with Crippen molar-refractivity contribution < 1.29 is 9.90 Å². The minimum Gasteiger partial charge on any atom is -0.478 e. The van der Waals surface area contributed by atoms with E-state index in [1.807, 2.05) is 12.1 Å². The average molecular weight is 313 g/mol. The Bertz CT molecular complexity index is 443. The molecule has 0 spiro atoms. The summed E-state index contributed by atoms with van der Waals surface area (Å²) in [6.45, 7) is 6.94. The Labute approximate surface area is 115 Å². The van der Waals surface area contributed by atoms with E-state index in [1.54, 1.807) is 6.07 Å². The van der Waals surface area contributed by atoms with Crippen LogP contribution in [0.2, 0.25) is 0 Å². The van der Waals surface area contributed by atoms with E-state index in [-0.39, 0.29) is 0 Å². The molecule has 4 nitrogen and oxygen atoms in total. The number of anilines is 1. The summed E-state index contributed by atoms with van der Waals surface area (Å²) >= 11 is 3.32. The molecule has 1 aliphatic rings. The van der Waals surface area contributed by atoms with Crippen molar-refractivity contribution in [2.75, 3.05) is 37.6 Å². The molecule has 0 unspecified atom stereocenters. The van der Waals surface area contributed by atoms with E-state index in [9.17, 15) is 9.90 Å². The molecular formula is C13H17BrN2O2. The number of hydrogen-bond donors (Lipinski definition) is 1. The summed E-state index contributed by atoms with van der Waals surface area (Å²) in [6, 6.07) is 5.54. The topological polar surface area (TPSA) is 43.8 Å². The lowest BCUT2D eigenvalue weighted by atomic mass is 10.1. The van der Waals surface area contributed by atoms with Crippen molar-refractivity contribution in [3.63, 3.8) is 0 Å². The fraction of sp³-hybridized carbons (Fsp3) is 0.462. The van der Waals surface area contributed by atoms with Gasteiger partial charge in [-0.05, 0) is 34.6 Å². The van der Waals surface area contributed by atoms with Gasteiger partial charge in [-0.25, -0.2) is 4.79 Å². The molecule has 0 amide bonds. The van der Waals surface area contributed by atoms with Gasteiger partial charge in [-0.1, -0.05) is 13.0 Å². The molecule has 0 saturated carbocycles. The lowest BCUT2D eigenvalue weighted by Gasteiger charge is -2.36. The van der Waals surface area contributed by atoms with Crippen LogP contribution in [0, 0.1) is 0 Å². The molecule has 98 valence electrons. The number of rotatable bonds is 3. The Morgan fingerprint density at radius 3 is 2.56 bits per heavy atom. The highest BCUT2D eigenvalue weighted by atomic mass is 79.9. The van der Waals surface area contributed by atoms with Crippen LogP contribution in [0.25, 0.3) is 0 Å². The second-order valence-electron chi connectivity index (χ2n) is 4.36. The molecule has 0 aliphatic carbocycles. The smallest absolute Gasteiger partial charge is 0.338 e. The maximum absolute atomic E-state index is 11.3. The van der Waals surface area contributed by atoms with Crippen molar-refractivity contribution in [1.82, 2.24) is 4.90 Å². The van der Waals surface area contributed by atoms with Gasteiger partial charge in [-0.2, -0.15) is 0 Å². The van der Waals surface area contributed by atoms with Gasteiger partial charge in [0.1, 0.15) is 0 Å². The largest absolute Gasteiger partial charge is 0.478 e. The van der Waals surface area contributed by atoms with Crippen LogP contribution in [0.3, 0.4) is 0 Å². The van der Waals surface area contributed by atoms with Gasteiger partial charge in [0.2, 0.25) is 0 Å². The molecule has 0 radical (unpaired) electrons. The SMILES string of the molecule is CCN1CCN(c2cccc(Br)c2C(=O)O)CC1. The van der Waals surface area contributed by atoms with E-state index in [1.165, 1.54) is 0 Å². The number of carbonyl (C=O) groups is 1. The monoisotopic (exact) mass is 312 g/mol. The molecule has 1 heterocycles.